The van der Waals surface area contributed by atoms with E-state index in [1.807, 2.05) is 37.3 Å². The minimum atomic E-state index is 0.751. The summed E-state index contributed by atoms with van der Waals surface area (Å²) < 4.78 is 0. The highest BCUT2D eigenvalue weighted by Crippen LogP contribution is 2.27. The third kappa shape index (κ3) is 1.21. The number of pyridine rings is 2. The molecule has 16 heavy (non-hydrogen) atoms. The van der Waals surface area contributed by atoms with E-state index in [1.165, 1.54) is 0 Å². The SMILES string of the molecule is Cc1ccc2cc(N)c3cccnc3c2n1. The van der Waals surface area contributed by atoms with Crippen LogP contribution in [0.1, 0.15) is 5.69 Å². The molecule has 0 unspecified atom stereocenters. The zero-order chi connectivity index (χ0) is 11.1. The summed E-state index contributed by atoms with van der Waals surface area (Å²) in [5.74, 6) is 0. The van der Waals surface area contributed by atoms with Gasteiger partial charge in [0.2, 0.25) is 0 Å². The Morgan fingerprint density at radius 2 is 2.00 bits per heavy atom. The highest BCUT2D eigenvalue weighted by molar-refractivity contribution is 6.08. The molecule has 78 valence electrons. The van der Waals surface area contributed by atoms with Crippen molar-refractivity contribution in [2.75, 3.05) is 5.73 Å². The molecular formula is C13H11N3. The molecule has 0 aliphatic heterocycles. The van der Waals surface area contributed by atoms with Gasteiger partial charge in [-0.2, -0.15) is 0 Å². The van der Waals surface area contributed by atoms with Crippen molar-refractivity contribution < 1.29 is 0 Å². The van der Waals surface area contributed by atoms with Crippen LogP contribution in [0.2, 0.25) is 0 Å². The number of anilines is 1. The van der Waals surface area contributed by atoms with Gasteiger partial charge in [-0.05, 0) is 31.2 Å². The first-order valence-corrected chi connectivity index (χ1v) is 5.16. The molecule has 2 N–H and O–H groups in total. The molecule has 0 aliphatic carbocycles. The summed E-state index contributed by atoms with van der Waals surface area (Å²) in [6.45, 7) is 1.98. The van der Waals surface area contributed by atoms with Gasteiger partial charge < -0.3 is 5.73 Å². The van der Waals surface area contributed by atoms with Gasteiger partial charge in [0.25, 0.3) is 0 Å². The van der Waals surface area contributed by atoms with Gasteiger partial charge in [0.1, 0.15) is 0 Å². The first-order valence-electron chi connectivity index (χ1n) is 5.16. The van der Waals surface area contributed by atoms with Crippen LogP contribution < -0.4 is 5.73 Å². The fourth-order valence-corrected chi connectivity index (χ4v) is 1.95. The third-order valence-corrected chi connectivity index (χ3v) is 2.72. The lowest BCUT2D eigenvalue weighted by Gasteiger charge is -2.05. The number of aryl methyl sites for hydroxylation is 1. The van der Waals surface area contributed by atoms with Gasteiger partial charge in [-0.1, -0.05) is 6.07 Å². The number of aromatic nitrogens is 2. The van der Waals surface area contributed by atoms with Crippen molar-refractivity contribution >= 4 is 27.5 Å². The Morgan fingerprint density at radius 3 is 2.88 bits per heavy atom. The van der Waals surface area contributed by atoms with Gasteiger partial charge >= 0.3 is 0 Å². The van der Waals surface area contributed by atoms with Crippen LogP contribution in [0.4, 0.5) is 5.69 Å². The average Bonchev–Trinajstić information content (AvgIpc) is 2.31. The predicted octanol–water partition coefficient (Wildman–Crippen LogP) is 2.67. The largest absolute Gasteiger partial charge is 0.398 e. The van der Waals surface area contributed by atoms with Crippen LogP contribution in [0.3, 0.4) is 0 Å². The number of benzene rings is 1. The number of fused-ring (bicyclic) bond motifs is 3. The van der Waals surface area contributed by atoms with Crippen molar-refractivity contribution in [1.82, 2.24) is 9.97 Å². The van der Waals surface area contributed by atoms with Crippen LogP contribution in [0, 0.1) is 6.92 Å². The smallest absolute Gasteiger partial charge is 0.0985 e. The van der Waals surface area contributed by atoms with E-state index in [2.05, 4.69) is 9.97 Å². The van der Waals surface area contributed by atoms with Crippen LogP contribution in [0.15, 0.2) is 36.5 Å². The monoisotopic (exact) mass is 209 g/mol. The molecule has 2 aromatic heterocycles. The van der Waals surface area contributed by atoms with Crippen molar-refractivity contribution in [2.45, 2.75) is 6.92 Å². The van der Waals surface area contributed by atoms with Crippen molar-refractivity contribution in [2.24, 2.45) is 0 Å². The molecule has 1 aromatic carbocycles. The summed E-state index contributed by atoms with van der Waals surface area (Å²) in [7, 11) is 0. The van der Waals surface area contributed by atoms with E-state index in [4.69, 9.17) is 5.73 Å². The molecule has 0 fully saturated rings. The number of nitrogen functional groups attached to an aromatic ring is 1. The maximum absolute atomic E-state index is 5.99. The molecule has 0 bridgehead atoms. The summed E-state index contributed by atoms with van der Waals surface area (Å²) in [6.07, 6.45) is 1.77. The second-order valence-electron chi connectivity index (χ2n) is 3.89. The van der Waals surface area contributed by atoms with E-state index in [9.17, 15) is 0 Å². The highest BCUT2D eigenvalue weighted by atomic mass is 14.8. The first-order chi connectivity index (χ1) is 7.75. The number of hydrogen-bond donors (Lipinski definition) is 1. The van der Waals surface area contributed by atoms with Crippen LogP contribution in [0.5, 0.6) is 0 Å². The van der Waals surface area contributed by atoms with Gasteiger partial charge in [-0.15, -0.1) is 0 Å². The molecule has 3 heteroatoms. The highest BCUT2D eigenvalue weighted by Gasteiger charge is 2.06. The molecule has 0 saturated carbocycles. The van der Waals surface area contributed by atoms with Crippen LogP contribution in [-0.4, -0.2) is 9.97 Å². The fourth-order valence-electron chi connectivity index (χ4n) is 1.95. The molecule has 0 atom stereocenters. The standard InChI is InChI=1S/C13H11N3/c1-8-4-5-9-7-11(14)10-3-2-6-15-13(10)12(9)16-8/h2-7H,14H2,1H3. The zero-order valence-electron chi connectivity index (χ0n) is 8.94. The normalized spacial score (nSPS) is 11.1. The third-order valence-electron chi connectivity index (χ3n) is 2.72. The van der Waals surface area contributed by atoms with E-state index < -0.39 is 0 Å². The molecule has 0 spiro atoms. The second kappa shape index (κ2) is 3.17. The molecule has 3 nitrogen and oxygen atoms in total. The number of nitrogens with two attached hydrogens (primary N) is 1. The van der Waals surface area contributed by atoms with E-state index in [1.54, 1.807) is 6.20 Å². The summed E-state index contributed by atoms with van der Waals surface area (Å²) in [5.41, 5.74) is 9.53. The Balaban J connectivity index is 2.61. The van der Waals surface area contributed by atoms with E-state index >= 15 is 0 Å². The molecule has 3 aromatic rings. The Hall–Kier alpha value is -2.16. The number of rotatable bonds is 0. The van der Waals surface area contributed by atoms with E-state index in [-0.39, 0.29) is 0 Å². The lowest BCUT2D eigenvalue weighted by molar-refractivity contribution is 1.25. The Kier molecular flexibility index (Phi) is 1.80. The zero-order valence-corrected chi connectivity index (χ0v) is 8.94. The van der Waals surface area contributed by atoms with Gasteiger partial charge in [0.15, 0.2) is 0 Å². The minimum Gasteiger partial charge on any atom is -0.398 e. The lowest BCUT2D eigenvalue weighted by atomic mass is 10.1. The van der Waals surface area contributed by atoms with Gasteiger partial charge in [0, 0.05) is 28.4 Å². The maximum Gasteiger partial charge on any atom is 0.0985 e. The summed E-state index contributed by atoms with van der Waals surface area (Å²) in [6, 6.07) is 9.83. The van der Waals surface area contributed by atoms with Crippen LogP contribution in [0.25, 0.3) is 21.8 Å². The molecule has 0 radical (unpaired) electrons. The second-order valence-corrected chi connectivity index (χ2v) is 3.89. The molecule has 0 aliphatic rings. The molecule has 3 rings (SSSR count). The van der Waals surface area contributed by atoms with Crippen molar-refractivity contribution in [3.05, 3.63) is 42.2 Å². The van der Waals surface area contributed by atoms with Gasteiger partial charge in [-0.3, -0.25) is 9.97 Å². The first kappa shape index (κ1) is 9.09. The average molecular weight is 209 g/mol. The molecule has 0 amide bonds. The summed E-state index contributed by atoms with van der Waals surface area (Å²) in [4.78, 5) is 8.90. The van der Waals surface area contributed by atoms with E-state index in [0.717, 1.165) is 33.2 Å². The maximum atomic E-state index is 5.99. The van der Waals surface area contributed by atoms with Crippen molar-refractivity contribution in [3.8, 4) is 0 Å². The van der Waals surface area contributed by atoms with Crippen LogP contribution >= 0.6 is 0 Å². The molecule has 0 saturated heterocycles. The minimum absolute atomic E-state index is 0.751. The van der Waals surface area contributed by atoms with E-state index in [0.29, 0.717) is 0 Å². The lowest BCUT2D eigenvalue weighted by Crippen LogP contribution is -1.92. The van der Waals surface area contributed by atoms with Crippen LogP contribution in [-0.2, 0) is 0 Å². The number of nitrogens with zero attached hydrogens (tertiary/aromatic N) is 2. The van der Waals surface area contributed by atoms with Gasteiger partial charge in [-0.25, -0.2) is 0 Å². The molecule has 2 heterocycles. The van der Waals surface area contributed by atoms with Crippen molar-refractivity contribution in [3.63, 3.8) is 0 Å². The molecular weight excluding hydrogens is 198 g/mol. The quantitative estimate of drug-likeness (QED) is 0.457. The topological polar surface area (TPSA) is 51.8 Å². The van der Waals surface area contributed by atoms with Crippen molar-refractivity contribution in [1.29, 1.82) is 0 Å². The Bertz CT molecular complexity index is 689. The van der Waals surface area contributed by atoms with Gasteiger partial charge in [0.05, 0.1) is 11.0 Å². The summed E-state index contributed by atoms with van der Waals surface area (Å²) >= 11 is 0. The summed E-state index contributed by atoms with van der Waals surface area (Å²) in [5, 5.41) is 2.00. The fraction of sp³-hybridized carbons (Fsp3) is 0.0769. The predicted molar refractivity (Wildman–Crippen MR) is 66.2 cm³/mol. The Morgan fingerprint density at radius 1 is 1.12 bits per heavy atom. The Labute approximate surface area is 92.9 Å². The number of hydrogen-bond acceptors (Lipinski definition) is 3.